The predicted octanol–water partition coefficient (Wildman–Crippen LogP) is 1.62. The number of rotatable bonds is 5. The maximum atomic E-state index is 11.8. The lowest BCUT2D eigenvalue weighted by molar-refractivity contribution is -0.124. The van der Waals surface area contributed by atoms with Crippen molar-refractivity contribution < 1.29 is 9.53 Å². The highest BCUT2D eigenvalue weighted by Gasteiger charge is 2.23. The quantitative estimate of drug-likeness (QED) is 0.893. The van der Waals surface area contributed by atoms with E-state index in [4.69, 9.17) is 4.74 Å². The molecule has 1 aromatic rings. The third-order valence-electron chi connectivity index (χ3n) is 3.54. The summed E-state index contributed by atoms with van der Waals surface area (Å²) in [7, 11) is 0. The maximum Gasteiger partial charge on any atom is 0.222 e. The van der Waals surface area contributed by atoms with Crippen molar-refractivity contribution in [2.75, 3.05) is 24.6 Å². The van der Waals surface area contributed by atoms with Gasteiger partial charge in [-0.3, -0.25) is 4.79 Å². The van der Waals surface area contributed by atoms with Gasteiger partial charge >= 0.3 is 0 Å². The number of carbonyl (C=O) groups excluding carboxylic acids is 1. The third kappa shape index (κ3) is 4.31. The van der Waals surface area contributed by atoms with Crippen molar-refractivity contribution in [1.29, 1.82) is 0 Å². The Kier molecular flexibility index (Phi) is 5.36. The number of hydrogen-bond donors (Lipinski definition) is 1. The summed E-state index contributed by atoms with van der Waals surface area (Å²) in [5.74, 6) is 1.58. The summed E-state index contributed by atoms with van der Waals surface area (Å²) < 4.78 is 5.41. The van der Waals surface area contributed by atoms with Crippen molar-refractivity contribution in [3.63, 3.8) is 0 Å². The van der Waals surface area contributed by atoms with Gasteiger partial charge in [0.1, 0.15) is 12.1 Å². The topological polar surface area (TPSA) is 67.3 Å². The SMILES string of the molecule is CCOc1cc(N2CCCC(NC(=O)C(C)C)C2)ncn1. The van der Waals surface area contributed by atoms with Gasteiger partial charge in [-0.25, -0.2) is 9.97 Å². The Hall–Kier alpha value is -1.85. The van der Waals surface area contributed by atoms with Gasteiger partial charge in [-0.05, 0) is 19.8 Å². The second kappa shape index (κ2) is 7.24. The Labute approximate surface area is 125 Å². The van der Waals surface area contributed by atoms with E-state index < -0.39 is 0 Å². The van der Waals surface area contributed by atoms with Crippen molar-refractivity contribution >= 4 is 11.7 Å². The molecular weight excluding hydrogens is 268 g/mol. The van der Waals surface area contributed by atoms with Crippen molar-refractivity contribution in [1.82, 2.24) is 15.3 Å². The Morgan fingerprint density at radius 3 is 3.05 bits per heavy atom. The van der Waals surface area contributed by atoms with Gasteiger partial charge in [0.05, 0.1) is 6.61 Å². The molecule has 1 unspecified atom stereocenters. The van der Waals surface area contributed by atoms with Crippen LogP contribution < -0.4 is 15.0 Å². The normalized spacial score (nSPS) is 18.7. The average molecular weight is 292 g/mol. The van der Waals surface area contributed by atoms with E-state index in [-0.39, 0.29) is 17.9 Å². The molecule has 6 nitrogen and oxygen atoms in total. The number of nitrogens with one attached hydrogen (secondary N) is 1. The first-order valence-electron chi connectivity index (χ1n) is 7.60. The molecule has 0 aromatic carbocycles. The number of ether oxygens (including phenoxy) is 1. The number of piperidine rings is 1. The molecule has 0 aliphatic carbocycles. The molecule has 0 bridgehead atoms. The highest BCUT2D eigenvalue weighted by Crippen LogP contribution is 2.20. The first kappa shape index (κ1) is 15.5. The Morgan fingerprint density at radius 1 is 1.52 bits per heavy atom. The molecule has 0 radical (unpaired) electrons. The molecule has 1 fully saturated rings. The molecule has 6 heteroatoms. The highest BCUT2D eigenvalue weighted by molar-refractivity contribution is 5.78. The van der Waals surface area contributed by atoms with Gasteiger partial charge in [0.25, 0.3) is 0 Å². The van der Waals surface area contributed by atoms with E-state index in [1.54, 1.807) is 0 Å². The summed E-state index contributed by atoms with van der Waals surface area (Å²) in [5.41, 5.74) is 0. The van der Waals surface area contributed by atoms with E-state index >= 15 is 0 Å². The van der Waals surface area contributed by atoms with Crippen LogP contribution in [0.25, 0.3) is 0 Å². The first-order valence-corrected chi connectivity index (χ1v) is 7.60. The molecule has 1 atom stereocenters. The molecule has 1 N–H and O–H groups in total. The van der Waals surface area contributed by atoms with Crippen molar-refractivity contribution in [2.24, 2.45) is 5.92 Å². The van der Waals surface area contributed by atoms with Crippen LogP contribution in [-0.2, 0) is 4.79 Å². The van der Waals surface area contributed by atoms with E-state index in [2.05, 4.69) is 20.2 Å². The van der Waals surface area contributed by atoms with E-state index in [1.807, 2.05) is 26.8 Å². The molecule has 0 spiro atoms. The molecule has 116 valence electrons. The third-order valence-corrected chi connectivity index (χ3v) is 3.54. The molecular formula is C15H24N4O2. The van der Waals surface area contributed by atoms with Gasteiger partial charge in [0, 0.05) is 31.1 Å². The van der Waals surface area contributed by atoms with Crippen LogP contribution in [0.15, 0.2) is 12.4 Å². The molecule has 1 aromatic heterocycles. The largest absolute Gasteiger partial charge is 0.478 e. The van der Waals surface area contributed by atoms with Crippen LogP contribution in [0.2, 0.25) is 0 Å². The van der Waals surface area contributed by atoms with Gasteiger partial charge in [-0.2, -0.15) is 0 Å². The summed E-state index contributed by atoms with van der Waals surface area (Å²) in [6, 6.07) is 2.04. The second-order valence-corrected chi connectivity index (χ2v) is 5.60. The summed E-state index contributed by atoms with van der Waals surface area (Å²) in [6.07, 6.45) is 3.58. The molecule has 1 aliphatic heterocycles. The number of hydrogen-bond acceptors (Lipinski definition) is 5. The predicted molar refractivity (Wildman–Crippen MR) is 81.4 cm³/mol. The number of carbonyl (C=O) groups is 1. The molecule has 2 heterocycles. The van der Waals surface area contributed by atoms with Crippen LogP contribution in [0.1, 0.15) is 33.6 Å². The van der Waals surface area contributed by atoms with Crippen LogP contribution in [0.4, 0.5) is 5.82 Å². The minimum Gasteiger partial charge on any atom is -0.478 e. The van der Waals surface area contributed by atoms with Gasteiger partial charge in [-0.1, -0.05) is 13.8 Å². The van der Waals surface area contributed by atoms with E-state index in [9.17, 15) is 4.79 Å². The number of nitrogens with zero attached hydrogens (tertiary/aromatic N) is 3. The van der Waals surface area contributed by atoms with Gasteiger partial charge in [0.2, 0.25) is 11.8 Å². The molecule has 2 rings (SSSR count). The molecule has 0 saturated carbocycles. The fourth-order valence-electron chi connectivity index (χ4n) is 2.40. The van der Waals surface area contributed by atoms with Crippen LogP contribution in [0.3, 0.4) is 0 Å². The summed E-state index contributed by atoms with van der Waals surface area (Å²) in [5, 5.41) is 3.10. The highest BCUT2D eigenvalue weighted by atomic mass is 16.5. The van der Waals surface area contributed by atoms with Crippen molar-refractivity contribution in [3.05, 3.63) is 12.4 Å². The Balaban J connectivity index is 2.00. The first-order chi connectivity index (χ1) is 10.1. The second-order valence-electron chi connectivity index (χ2n) is 5.60. The van der Waals surface area contributed by atoms with E-state index in [0.717, 1.165) is 31.7 Å². The summed E-state index contributed by atoms with van der Waals surface area (Å²) in [6.45, 7) is 8.06. The fraction of sp³-hybridized carbons (Fsp3) is 0.667. The maximum absolute atomic E-state index is 11.8. The van der Waals surface area contributed by atoms with Crippen LogP contribution in [0, 0.1) is 5.92 Å². The summed E-state index contributed by atoms with van der Waals surface area (Å²) >= 11 is 0. The van der Waals surface area contributed by atoms with Crippen LogP contribution >= 0.6 is 0 Å². The Morgan fingerprint density at radius 2 is 2.33 bits per heavy atom. The number of amides is 1. The van der Waals surface area contributed by atoms with Gasteiger partial charge in [0.15, 0.2) is 0 Å². The summed E-state index contributed by atoms with van der Waals surface area (Å²) in [4.78, 5) is 22.4. The van der Waals surface area contributed by atoms with Crippen LogP contribution in [-0.4, -0.2) is 41.6 Å². The number of aromatic nitrogens is 2. The zero-order chi connectivity index (χ0) is 15.2. The van der Waals surface area contributed by atoms with E-state index in [0.29, 0.717) is 12.5 Å². The molecule has 1 saturated heterocycles. The van der Waals surface area contributed by atoms with Gasteiger partial charge < -0.3 is 15.0 Å². The molecule has 1 aliphatic rings. The van der Waals surface area contributed by atoms with Gasteiger partial charge in [-0.15, -0.1) is 0 Å². The lowest BCUT2D eigenvalue weighted by Gasteiger charge is -2.34. The van der Waals surface area contributed by atoms with Crippen molar-refractivity contribution in [2.45, 2.75) is 39.7 Å². The lowest BCUT2D eigenvalue weighted by Crippen LogP contribution is -2.49. The average Bonchev–Trinajstić information content (AvgIpc) is 2.48. The molecule has 21 heavy (non-hydrogen) atoms. The van der Waals surface area contributed by atoms with E-state index in [1.165, 1.54) is 6.33 Å². The fourth-order valence-corrected chi connectivity index (χ4v) is 2.40. The minimum atomic E-state index is 0.0176. The molecule has 1 amide bonds. The number of anilines is 1. The monoisotopic (exact) mass is 292 g/mol. The minimum absolute atomic E-state index is 0.0176. The lowest BCUT2D eigenvalue weighted by atomic mass is 10.0. The van der Waals surface area contributed by atoms with Crippen LogP contribution in [0.5, 0.6) is 5.88 Å². The smallest absolute Gasteiger partial charge is 0.222 e. The Bertz CT molecular complexity index is 478. The zero-order valence-electron chi connectivity index (χ0n) is 13.0. The van der Waals surface area contributed by atoms with Crippen molar-refractivity contribution in [3.8, 4) is 5.88 Å². The standard InChI is InChI=1S/C15H24N4O2/c1-4-21-14-8-13(16-10-17-14)19-7-5-6-12(9-19)18-15(20)11(2)3/h8,10-12H,4-7,9H2,1-3H3,(H,18,20). The zero-order valence-corrected chi connectivity index (χ0v) is 13.0.